The number of methoxy groups -OCH3 is 1. The zero-order valence-corrected chi connectivity index (χ0v) is 17.9. The molecule has 8 heteroatoms. The van der Waals surface area contributed by atoms with E-state index in [9.17, 15) is 0 Å². The Balaban J connectivity index is 1.53. The molecule has 2 aromatic rings. The number of ether oxygens (including phenoxy) is 1. The smallest absolute Gasteiger partial charge is 0.212 e. The predicted octanol–water partition coefficient (Wildman–Crippen LogP) is 3.38. The Morgan fingerprint density at radius 1 is 1.17 bits per heavy atom. The van der Waals surface area contributed by atoms with E-state index in [-0.39, 0.29) is 11.3 Å². The summed E-state index contributed by atoms with van der Waals surface area (Å²) in [6, 6.07) is 8.90. The van der Waals surface area contributed by atoms with Crippen LogP contribution in [0.4, 0.5) is 0 Å². The molecule has 29 heavy (non-hydrogen) atoms. The van der Waals surface area contributed by atoms with Crippen LogP contribution < -0.4 is 15.6 Å². The fourth-order valence-electron chi connectivity index (χ4n) is 4.71. The molecular formula is C21H28N6OS. The minimum absolute atomic E-state index is 0.159. The Kier molecular flexibility index (Phi) is 5.09. The van der Waals surface area contributed by atoms with Crippen molar-refractivity contribution in [2.24, 2.45) is 16.9 Å². The van der Waals surface area contributed by atoms with Crippen LogP contribution >= 0.6 is 11.8 Å². The summed E-state index contributed by atoms with van der Waals surface area (Å²) < 4.78 is 7.31. The molecule has 1 saturated heterocycles. The number of benzene rings is 1. The molecule has 0 amide bonds. The number of rotatable bonds is 5. The van der Waals surface area contributed by atoms with Crippen molar-refractivity contribution >= 4 is 17.5 Å². The van der Waals surface area contributed by atoms with Gasteiger partial charge in [0.2, 0.25) is 5.16 Å². The van der Waals surface area contributed by atoms with Gasteiger partial charge in [0.15, 0.2) is 5.82 Å². The van der Waals surface area contributed by atoms with Crippen molar-refractivity contribution in [3.63, 3.8) is 0 Å². The molecule has 4 atom stereocenters. The highest BCUT2D eigenvalue weighted by atomic mass is 32.2. The Morgan fingerprint density at radius 3 is 2.76 bits per heavy atom. The lowest BCUT2D eigenvalue weighted by atomic mass is 9.97. The van der Waals surface area contributed by atoms with Gasteiger partial charge in [-0.15, -0.1) is 10.2 Å². The van der Waals surface area contributed by atoms with E-state index in [1.54, 1.807) is 18.9 Å². The summed E-state index contributed by atoms with van der Waals surface area (Å²) >= 11 is 1.78. The summed E-state index contributed by atoms with van der Waals surface area (Å²) in [4.78, 5) is 0. The fourth-order valence-corrected chi connectivity index (χ4v) is 6.07. The third-order valence-corrected chi connectivity index (χ3v) is 7.33. The maximum Gasteiger partial charge on any atom is 0.212 e. The number of hydrogen-bond acceptors (Lipinski definition) is 7. The van der Waals surface area contributed by atoms with E-state index in [0.717, 1.165) is 34.4 Å². The van der Waals surface area contributed by atoms with Crippen molar-refractivity contribution < 1.29 is 4.74 Å². The van der Waals surface area contributed by atoms with Crippen molar-refractivity contribution in [2.45, 2.75) is 62.0 Å². The average Bonchev–Trinajstić information content (AvgIpc) is 3.42. The molecule has 2 fully saturated rings. The number of fused-ring (bicyclic) bond motifs is 2. The summed E-state index contributed by atoms with van der Waals surface area (Å²) in [7, 11) is 1.69. The predicted molar refractivity (Wildman–Crippen MR) is 114 cm³/mol. The lowest BCUT2D eigenvalue weighted by Gasteiger charge is -2.25. The molecule has 1 aromatic heterocycles. The van der Waals surface area contributed by atoms with Crippen molar-refractivity contribution in [3.8, 4) is 5.75 Å². The largest absolute Gasteiger partial charge is 0.497 e. The van der Waals surface area contributed by atoms with Crippen LogP contribution in [0.3, 0.4) is 0 Å². The highest BCUT2D eigenvalue weighted by molar-refractivity contribution is 8.00. The van der Waals surface area contributed by atoms with Gasteiger partial charge in [0.05, 0.1) is 24.1 Å². The second kappa shape index (κ2) is 7.74. The molecule has 3 heterocycles. The van der Waals surface area contributed by atoms with Crippen molar-refractivity contribution in [2.75, 3.05) is 7.11 Å². The van der Waals surface area contributed by atoms with Gasteiger partial charge in [0, 0.05) is 6.04 Å². The van der Waals surface area contributed by atoms with Gasteiger partial charge in [-0.05, 0) is 60.9 Å². The van der Waals surface area contributed by atoms with Gasteiger partial charge < -0.3 is 4.74 Å². The first-order chi connectivity index (χ1) is 14.1. The van der Waals surface area contributed by atoms with E-state index >= 15 is 0 Å². The van der Waals surface area contributed by atoms with Gasteiger partial charge in [-0.2, -0.15) is 9.78 Å². The highest BCUT2D eigenvalue weighted by Crippen LogP contribution is 2.41. The molecule has 1 aromatic carbocycles. The standard InChI is InChI=1S/C21H28N6OS/c1-12(2)11-17-18(13-7-9-14(28-3)10-8-13)26-27-20(24-25-21(27)29-17)19-15-5-4-6-16(15)22-23-19/h7-10,12,15-17,19,22-23H,4-6,11H2,1-3H3. The van der Waals surface area contributed by atoms with Crippen LogP contribution in [-0.2, 0) is 0 Å². The van der Waals surface area contributed by atoms with Crippen molar-refractivity contribution in [1.29, 1.82) is 0 Å². The minimum atomic E-state index is 0.159. The van der Waals surface area contributed by atoms with E-state index in [1.165, 1.54) is 19.3 Å². The molecule has 1 saturated carbocycles. The van der Waals surface area contributed by atoms with Crippen LogP contribution in [0.2, 0.25) is 0 Å². The number of nitrogens with zero attached hydrogens (tertiary/aromatic N) is 4. The minimum Gasteiger partial charge on any atom is -0.497 e. The maximum atomic E-state index is 5.33. The number of aromatic nitrogens is 3. The van der Waals surface area contributed by atoms with Gasteiger partial charge in [-0.1, -0.05) is 32.0 Å². The molecule has 0 bridgehead atoms. The quantitative estimate of drug-likeness (QED) is 0.784. The number of thioether (sulfide) groups is 1. The third-order valence-electron chi connectivity index (χ3n) is 6.17. The normalized spacial score (nSPS) is 28.3. The van der Waals surface area contributed by atoms with Crippen LogP contribution in [0.1, 0.15) is 57.0 Å². The first-order valence-corrected chi connectivity index (χ1v) is 11.4. The van der Waals surface area contributed by atoms with Crippen LogP contribution in [0.25, 0.3) is 0 Å². The molecule has 154 valence electrons. The number of nitrogens with one attached hydrogen (secondary N) is 2. The van der Waals surface area contributed by atoms with Crippen LogP contribution in [0, 0.1) is 11.8 Å². The molecule has 0 radical (unpaired) electrons. The number of hydrogen-bond donors (Lipinski definition) is 2. The van der Waals surface area contributed by atoms with Crippen molar-refractivity contribution in [3.05, 3.63) is 35.7 Å². The molecule has 4 unspecified atom stereocenters. The molecule has 2 N–H and O–H groups in total. The van der Waals surface area contributed by atoms with Gasteiger partial charge >= 0.3 is 0 Å². The van der Waals surface area contributed by atoms with Gasteiger partial charge in [0.1, 0.15) is 5.75 Å². The van der Waals surface area contributed by atoms with E-state index < -0.39 is 0 Å². The third kappa shape index (κ3) is 3.47. The zero-order valence-electron chi connectivity index (χ0n) is 17.1. The Labute approximate surface area is 175 Å². The monoisotopic (exact) mass is 412 g/mol. The molecule has 3 aliphatic rings. The molecule has 7 nitrogen and oxygen atoms in total. The van der Waals surface area contributed by atoms with E-state index in [0.29, 0.717) is 17.9 Å². The summed E-state index contributed by atoms with van der Waals surface area (Å²) in [5, 5.41) is 15.3. The molecule has 2 aliphatic heterocycles. The van der Waals surface area contributed by atoms with Gasteiger partial charge in [-0.3, -0.25) is 5.43 Å². The Hall–Kier alpha value is -1.90. The van der Waals surface area contributed by atoms with Crippen molar-refractivity contribution in [1.82, 2.24) is 25.7 Å². The first kappa shape index (κ1) is 19.1. The van der Waals surface area contributed by atoms with E-state index in [1.807, 2.05) is 16.8 Å². The fraction of sp³-hybridized carbons (Fsp3) is 0.571. The molecule has 0 spiro atoms. The lowest BCUT2D eigenvalue weighted by molar-refractivity contribution is 0.415. The lowest BCUT2D eigenvalue weighted by Crippen LogP contribution is -2.31. The zero-order chi connectivity index (χ0) is 20.0. The number of hydrazine groups is 1. The molecular weight excluding hydrogens is 384 g/mol. The van der Waals surface area contributed by atoms with Gasteiger partial charge in [0.25, 0.3) is 0 Å². The van der Waals surface area contributed by atoms with E-state index in [4.69, 9.17) is 9.84 Å². The summed E-state index contributed by atoms with van der Waals surface area (Å²) in [5.74, 6) is 2.91. The Morgan fingerprint density at radius 2 is 2.00 bits per heavy atom. The van der Waals surface area contributed by atoms with E-state index in [2.05, 4.69) is 47.0 Å². The van der Waals surface area contributed by atoms with Crippen LogP contribution in [-0.4, -0.2) is 39.0 Å². The maximum absolute atomic E-state index is 5.33. The average molecular weight is 413 g/mol. The molecule has 1 aliphatic carbocycles. The second-order valence-corrected chi connectivity index (χ2v) is 9.74. The van der Waals surface area contributed by atoms with Crippen LogP contribution in [0.5, 0.6) is 5.75 Å². The summed E-state index contributed by atoms with van der Waals surface area (Å²) in [6.45, 7) is 4.51. The Bertz CT molecular complexity index is 908. The van der Waals surface area contributed by atoms with Gasteiger partial charge in [-0.25, -0.2) is 5.43 Å². The SMILES string of the molecule is COc1ccc(C2=Nn3c(nnc3C3NNC4CCCC43)SC2CC(C)C)cc1. The summed E-state index contributed by atoms with van der Waals surface area (Å²) in [6.07, 6.45) is 4.76. The molecule has 5 rings (SSSR count). The topological polar surface area (TPSA) is 76.4 Å². The highest BCUT2D eigenvalue weighted by Gasteiger charge is 2.43. The van der Waals surface area contributed by atoms with Crippen LogP contribution in [0.15, 0.2) is 34.5 Å². The first-order valence-electron chi connectivity index (χ1n) is 10.5. The second-order valence-electron chi connectivity index (χ2n) is 8.57. The summed E-state index contributed by atoms with van der Waals surface area (Å²) in [5.41, 5.74) is 9.13.